The highest BCUT2D eigenvalue weighted by molar-refractivity contribution is 6.33. The zero-order chi connectivity index (χ0) is 21.2. The van der Waals surface area contributed by atoms with E-state index in [0.29, 0.717) is 11.9 Å². The summed E-state index contributed by atoms with van der Waals surface area (Å²) in [6, 6.07) is 11.5. The molecule has 5 nitrogen and oxygen atoms in total. The summed E-state index contributed by atoms with van der Waals surface area (Å²) in [4.78, 5) is 16.3. The largest absolute Gasteiger partial charge is 0.417 e. The SMILES string of the molecule is CC(C)C(Nc1cnn(-c2ccc(C(F)(F)F)cn2)c(=O)c1Cl)c1ccccc1. The van der Waals surface area contributed by atoms with Crippen molar-refractivity contribution in [2.45, 2.75) is 26.1 Å². The van der Waals surface area contributed by atoms with Crippen molar-refractivity contribution in [3.63, 3.8) is 0 Å². The maximum atomic E-state index is 12.7. The van der Waals surface area contributed by atoms with Gasteiger partial charge in [-0.3, -0.25) is 4.79 Å². The van der Waals surface area contributed by atoms with Gasteiger partial charge in [-0.05, 0) is 23.6 Å². The van der Waals surface area contributed by atoms with Crippen LogP contribution in [0, 0.1) is 5.92 Å². The molecule has 29 heavy (non-hydrogen) atoms. The Labute approximate surface area is 170 Å². The molecule has 0 aliphatic heterocycles. The molecule has 0 spiro atoms. The van der Waals surface area contributed by atoms with Gasteiger partial charge in [0.25, 0.3) is 5.56 Å². The summed E-state index contributed by atoms with van der Waals surface area (Å²) in [5, 5.41) is 7.13. The molecule has 0 radical (unpaired) electrons. The second kappa shape index (κ2) is 8.24. The number of pyridine rings is 1. The normalized spacial score (nSPS) is 12.8. The van der Waals surface area contributed by atoms with Crippen molar-refractivity contribution in [3.8, 4) is 5.82 Å². The predicted molar refractivity (Wildman–Crippen MR) is 105 cm³/mol. The molecule has 152 valence electrons. The molecule has 0 saturated carbocycles. The Morgan fingerprint density at radius 2 is 1.76 bits per heavy atom. The van der Waals surface area contributed by atoms with Gasteiger partial charge < -0.3 is 5.32 Å². The fourth-order valence-electron chi connectivity index (χ4n) is 2.84. The lowest BCUT2D eigenvalue weighted by Crippen LogP contribution is -2.25. The van der Waals surface area contributed by atoms with Crippen molar-refractivity contribution in [3.05, 3.63) is 81.4 Å². The van der Waals surface area contributed by atoms with Crippen molar-refractivity contribution >= 4 is 17.3 Å². The van der Waals surface area contributed by atoms with E-state index in [1.54, 1.807) is 0 Å². The Morgan fingerprint density at radius 3 is 2.31 bits per heavy atom. The smallest absolute Gasteiger partial charge is 0.375 e. The molecule has 3 rings (SSSR count). The van der Waals surface area contributed by atoms with Gasteiger partial charge in [0, 0.05) is 6.20 Å². The van der Waals surface area contributed by atoms with E-state index in [1.807, 2.05) is 44.2 Å². The van der Waals surface area contributed by atoms with E-state index in [9.17, 15) is 18.0 Å². The maximum absolute atomic E-state index is 12.7. The Kier molecular flexibility index (Phi) is 5.93. The summed E-state index contributed by atoms with van der Waals surface area (Å²) in [6.45, 7) is 4.05. The number of nitrogens with zero attached hydrogens (tertiary/aromatic N) is 3. The van der Waals surface area contributed by atoms with Crippen LogP contribution < -0.4 is 10.9 Å². The zero-order valence-corrected chi connectivity index (χ0v) is 16.4. The van der Waals surface area contributed by atoms with Gasteiger partial charge in [0.15, 0.2) is 5.82 Å². The van der Waals surface area contributed by atoms with Crippen LogP contribution in [0.25, 0.3) is 5.82 Å². The van der Waals surface area contributed by atoms with Crippen LogP contribution in [-0.4, -0.2) is 14.8 Å². The number of nitrogens with one attached hydrogen (secondary N) is 1. The second-order valence-corrected chi connectivity index (χ2v) is 7.15. The Hall–Kier alpha value is -2.87. The number of halogens is 4. The van der Waals surface area contributed by atoms with Crippen LogP contribution >= 0.6 is 11.6 Å². The molecule has 1 aromatic carbocycles. The third-order valence-electron chi connectivity index (χ3n) is 4.35. The van der Waals surface area contributed by atoms with Crippen LogP contribution in [0.4, 0.5) is 18.9 Å². The van der Waals surface area contributed by atoms with Crippen molar-refractivity contribution in [2.75, 3.05) is 5.32 Å². The summed E-state index contributed by atoms with van der Waals surface area (Å²) in [6.07, 6.45) is -2.51. The Bertz CT molecular complexity index is 1030. The Morgan fingerprint density at radius 1 is 1.07 bits per heavy atom. The van der Waals surface area contributed by atoms with Gasteiger partial charge in [0.1, 0.15) is 5.02 Å². The van der Waals surface area contributed by atoms with Gasteiger partial charge >= 0.3 is 6.18 Å². The minimum absolute atomic E-state index is 0.0556. The highest BCUT2D eigenvalue weighted by Gasteiger charge is 2.30. The predicted octanol–water partition coefficient (Wildman–Crippen LogP) is 5.11. The number of rotatable bonds is 5. The maximum Gasteiger partial charge on any atom is 0.417 e. The average molecular weight is 423 g/mol. The van der Waals surface area contributed by atoms with Crippen LogP contribution in [0.2, 0.25) is 5.02 Å². The monoisotopic (exact) mass is 422 g/mol. The number of anilines is 1. The summed E-state index contributed by atoms with van der Waals surface area (Å²) in [5.74, 6) is 0.132. The third kappa shape index (κ3) is 4.59. The van der Waals surface area contributed by atoms with Crippen LogP contribution in [0.5, 0.6) is 0 Å². The number of aromatic nitrogens is 3. The van der Waals surface area contributed by atoms with Crippen LogP contribution in [-0.2, 0) is 6.18 Å². The van der Waals surface area contributed by atoms with Crippen molar-refractivity contribution < 1.29 is 13.2 Å². The first-order valence-electron chi connectivity index (χ1n) is 8.81. The number of hydrogen-bond donors (Lipinski definition) is 1. The van der Waals surface area contributed by atoms with E-state index in [4.69, 9.17) is 11.6 Å². The lowest BCUT2D eigenvalue weighted by molar-refractivity contribution is -0.137. The molecule has 0 aliphatic rings. The topological polar surface area (TPSA) is 59.8 Å². The molecular weight excluding hydrogens is 405 g/mol. The molecule has 0 saturated heterocycles. The minimum atomic E-state index is -4.52. The lowest BCUT2D eigenvalue weighted by Gasteiger charge is -2.24. The van der Waals surface area contributed by atoms with Gasteiger partial charge in [-0.1, -0.05) is 55.8 Å². The molecule has 0 bridgehead atoms. The molecule has 2 aromatic heterocycles. The quantitative estimate of drug-likeness (QED) is 0.620. The highest BCUT2D eigenvalue weighted by atomic mass is 35.5. The molecule has 0 amide bonds. The molecule has 1 N–H and O–H groups in total. The van der Waals surface area contributed by atoms with Crippen LogP contribution in [0.1, 0.15) is 31.0 Å². The van der Waals surface area contributed by atoms with Crippen molar-refractivity contribution in [2.24, 2.45) is 5.92 Å². The first-order valence-corrected chi connectivity index (χ1v) is 9.19. The third-order valence-corrected chi connectivity index (χ3v) is 4.71. The van der Waals surface area contributed by atoms with Gasteiger partial charge in [-0.15, -0.1) is 0 Å². The first kappa shape index (κ1) is 20.9. The van der Waals surface area contributed by atoms with E-state index >= 15 is 0 Å². The van der Waals surface area contributed by atoms with Gasteiger partial charge in [0.2, 0.25) is 0 Å². The highest BCUT2D eigenvalue weighted by Crippen LogP contribution is 2.30. The van der Waals surface area contributed by atoms with Gasteiger partial charge in [-0.25, -0.2) is 4.98 Å². The standard InChI is InChI=1S/C20H18ClF3N4O/c1-12(2)18(13-6-4-3-5-7-13)27-15-11-26-28(19(29)17(15)21)16-9-8-14(10-25-16)20(22,23)24/h3-12,18,27H,1-2H3. The summed E-state index contributed by atoms with van der Waals surface area (Å²) >= 11 is 6.24. The van der Waals surface area contributed by atoms with E-state index in [0.717, 1.165) is 22.4 Å². The average Bonchev–Trinajstić information content (AvgIpc) is 2.69. The van der Waals surface area contributed by atoms with Gasteiger partial charge in [0.05, 0.1) is 23.5 Å². The molecule has 2 heterocycles. The molecule has 0 fully saturated rings. The fraction of sp³-hybridized carbons (Fsp3) is 0.250. The first-order chi connectivity index (χ1) is 13.7. The fourth-order valence-corrected chi connectivity index (χ4v) is 3.02. The van der Waals surface area contributed by atoms with Crippen LogP contribution in [0.3, 0.4) is 0 Å². The molecule has 1 atom stereocenters. The van der Waals surface area contributed by atoms with Crippen molar-refractivity contribution in [1.82, 2.24) is 14.8 Å². The lowest BCUT2D eigenvalue weighted by atomic mass is 9.96. The van der Waals surface area contributed by atoms with E-state index in [-0.39, 0.29) is 22.8 Å². The van der Waals surface area contributed by atoms with Crippen LogP contribution in [0.15, 0.2) is 59.7 Å². The molecule has 0 aliphatic carbocycles. The van der Waals surface area contributed by atoms with Crippen molar-refractivity contribution in [1.29, 1.82) is 0 Å². The van der Waals surface area contributed by atoms with E-state index in [2.05, 4.69) is 15.4 Å². The summed E-state index contributed by atoms with van der Waals surface area (Å²) in [7, 11) is 0. The molecule has 1 unspecified atom stereocenters. The number of alkyl halides is 3. The summed E-state index contributed by atoms with van der Waals surface area (Å²) < 4.78 is 38.9. The second-order valence-electron chi connectivity index (χ2n) is 6.77. The molecule has 9 heteroatoms. The number of hydrogen-bond acceptors (Lipinski definition) is 4. The molecule has 3 aromatic rings. The number of benzene rings is 1. The van der Waals surface area contributed by atoms with Gasteiger partial charge in [-0.2, -0.15) is 23.0 Å². The molecular formula is C20H18ClF3N4O. The van der Waals surface area contributed by atoms with E-state index in [1.165, 1.54) is 6.20 Å². The minimum Gasteiger partial charge on any atom is -0.375 e. The van der Waals surface area contributed by atoms with E-state index < -0.39 is 17.3 Å². The Balaban J connectivity index is 1.92. The zero-order valence-electron chi connectivity index (χ0n) is 15.6. The summed E-state index contributed by atoms with van der Waals surface area (Å²) in [5.41, 5.74) is -0.240.